The van der Waals surface area contributed by atoms with E-state index in [9.17, 15) is 5.11 Å². The van der Waals surface area contributed by atoms with E-state index in [1.807, 2.05) is 19.1 Å². The molecule has 0 spiro atoms. The number of hydrogen-bond donors (Lipinski definition) is 2. The van der Waals surface area contributed by atoms with Gasteiger partial charge < -0.3 is 19.9 Å². The number of aliphatic hydroxyl groups excluding tert-OH is 1. The first-order valence-electron chi connectivity index (χ1n) is 8.46. The Kier molecular flexibility index (Phi) is 7.75. The Morgan fingerprint density at radius 3 is 2.48 bits per heavy atom. The van der Waals surface area contributed by atoms with Crippen molar-refractivity contribution in [1.82, 2.24) is 5.32 Å². The van der Waals surface area contributed by atoms with Gasteiger partial charge in [-0.25, -0.2) is 0 Å². The van der Waals surface area contributed by atoms with Crippen molar-refractivity contribution in [2.24, 2.45) is 0 Å². The number of nitrogens with one attached hydrogen (secondary N) is 1. The summed E-state index contributed by atoms with van der Waals surface area (Å²) in [6.45, 7) is 5.39. The van der Waals surface area contributed by atoms with Crippen LogP contribution in [-0.4, -0.2) is 24.9 Å². The highest BCUT2D eigenvalue weighted by Crippen LogP contribution is 2.37. The zero-order valence-electron chi connectivity index (χ0n) is 15.0. The van der Waals surface area contributed by atoms with E-state index in [2.05, 4.69) is 52.4 Å². The molecule has 0 aromatic heterocycles. The molecular weight excluding hydrogens is 382 g/mol. The maximum atomic E-state index is 9.28. The fourth-order valence-corrected chi connectivity index (χ4v) is 3.06. The van der Waals surface area contributed by atoms with E-state index in [0.717, 1.165) is 22.0 Å². The molecule has 25 heavy (non-hydrogen) atoms. The minimum atomic E-state index is 0.0993. The zero-order chi connectivity index (χ0) is 18.2. The highest BCUT2D eigenvalue weighted by atomic mass is 79.9. The van der Waals surface area contributed by atoms with Crippen LogP contribution in [0.3, 0.4) is 0 Å². The molecule has 0 bridgehead atoms. The van der Waals surface area contributed by atoms with Crippen LogP contribution in [0.2, 0.25) is 0 Å². The Hall–Kier alpha value is -1.56. The first kappa shape index (κ1) is 19.8. The molecule has 0 aliphatic heterocycles. The second kappa shape index (κ2) is 9.80. The van der Waals surface area contributed by atoms with Crippen LogP contribution < -0.4 is 14.8 Å². The summed E-state index contributed by atoms with van der Waals surface area (Å²) in [5.74, 6) is 1.39. The summed E-state index contributed by atoms with van der Waals surface area (Å²) >= 11 is 3.58. The standard InChI is InChI=1S/C20H26BrNO3/c1-4-17(12-23)22-11-16-9-18(21)20(19(10-16)24-3)25-13-15-7-5-14(2)6-8-15/h5-10,17,22-23H,4,11-13H2,1-3H3/t17-/m1/s1. The van der Waals surface area contributed by atoms with Crippen LogP contribution in [0.15, 0.2) is 40.9 Å². The Morgan fingerprint density at radius 2 is 1.88 bits per heavy atom. The quantitative estimate of drug-likeness (QED) is 0.653. The second-order valence-corrected chi connectivity index (χ2v) is 6.91. The topological polar surface area (TPSA) is 50.7 Å². The lowest BCUT2D eigenvalue weighted by Gasteiger charge is -2.17. The maximum Gasteiger partial charge on any atom is 0.175 e. The highest BCUT2D eigenvalue weighted by molar-refractivity contribution is 9.10. The zero-order valence-corrected chi connectivity index (χ0v) is 16.6. The minimum absolute atomic E-state index is 0.0993. The molecule has 1 atom stereocenters. The van der Waals surface area contributed by atoms with E-state index in [4.69, 9.17) is 9.47 Å². The van der Waals surface area contributed by atoms with Gasteiger partial charge in [0.1, 0.15) is 6.61 Å². The van der Waals surface area contributed by atoms with Crippen LogP contribution in [0, 0.1) is 6.92 Å². The summed E-state index contributed by atoms with van der Waals surface area (Å²) in [6.07, 6.45) is 0.881. The number of benzene rings is 2. The van der Waals surface area contributed by atoms with Crippen LogP contribution in [0.5, 0.6) is 11.5 Å². The lowest BCUT2D eigenvalue weighted by molar-refractivity contribution is 0.238. The van der Waals surface area contributed by atoms with Gasteiger partial charge >= 0.3 is 0 Å². The van der Waals surface area contributed by atoms with Crippen molar-refractivity contribution >= 4 is 15.9 Å². The van der Waals surface area contributed by atoms with E-state index in [0.29, 0.717) is 24.7 Å². The van der Waals surface area contributed by atoms with Gasteiger partial charge in [0, 0.05) is 12.6 Å². The summed E-state index contributed by atoms with van der Waals surface area (Å²) < 4.78 is 12.3. The molecule has 0 heterocycles. The van der Waals surface area contributed by atoms with E-state index in [1.54, 1.807) is 7.11 Å². The van der Waals surface area contributed by atoms with Crippen LogP contribution in [-0.2, 0) is 13.2 Å². The summed E-state index contributed by atoms with van der Waals surface area (Å²) in [5.41, 5.74) is 3.41. The third kappa shape index (κ3) is 5.73. The monoisotopic (exact) mass is 407 g/mol. The molecule has 4 nitrogen and oxygen atoms in total. The first-order chi connectivity index (χ1) is 12.1. The van der Waals surface area contributed by atoms with Crippen molar-refractivity contribution < 1.29 is 14.6 Å². The van der Waals surface area contributed by atoms with Crippen molar-refractivity contribution in [3.05, 3.63) is 57.6 Å². The van der Waals surface area contributed by atoms with Gasteiger partial charge in [0.2, 0.25) is 0 Å². The summed E-state index contributed by atoms with van der Waals surface area (Å²) in [4.78, 5) is 0. The van der Waals surface area contributed by atoms with Crippen LogP contribution in [0.25, 0.3) is 0 Å². The molecule has 0 aliphatic carbocycles. The third-order valence-corrected chi connectivity index (χ3v) is 4.69. The van der Waals surface area contributed by atoms with Gasteiger partial charge in [0.05, 0.1) is 18.2 Å². The molecule has 2 aromatic rings. The minimum Gasteiger partial charge on any atom is -0.493 e. The van der Waals surface area contributed by atoms with Crippen molar-refractivity contribution in [3.8, 4) is 11.5 Å². The number of aliphatic hydroxyl groups is 1. The van der Waals surface area contributed by atoms with Gasteiger partial charge in [-0.3, -0.25) is 0 Å². The predicted molar refractivity (Wildman–Crippen MR) is 104 cm³/mol. The SMILES string of the molecule is CC[C@H](CO)NCc1cc(Br)c(OCc2ccc(C)cc2)c(OC)c1. The van der Waals surface area contributed by atoms with Gasteiger partial charge in [-0.2, -0.15) is 0 Å². The summed E-state index contributed by atoms with van der Waals surface area (Å²) in [6, 6.07) is 12.4. The van der Waals surface area contributed by atoms with Gasteiger partial charge in [0.25, 0.3) is 0 Å². The highest BCUT2D eigenvalue weighted by Gasteiger charge is 2.13. The molecule has 0 saturated carbocycles. The molecule has 0 fully saturated rings. The molecule has 0 aliphatic rings. The number of halogens is 1. The average molecular weight is 408 g/mol. The number of hydrogen-bond acceptors (Lipinski definition) is 4. The lowest BCUT2D eigenvalue weighted by atomic mass is 10.1. The van der Waals surface area contributed by atoms with Gasteiger partial charge in [-0.05, 0) is 52.5 Å². The van der Waals surface area contributed by atoms with Gasteiger partial charge in [-0.1, -0.05) is 36.8 Å². The third-order valence-electron chi connectivity index (χ3n) is 4.10. The van der Waals surface area contributed by atoms with Crippen molar-refractivity contribution in [2.45, 2.75) is 39.5 Å². The van der Waals surface area contributed by atoms with Gasteiger partial charge in [0.15, 0.2) is 11.5 Å². The molecule has 0 amide bonds. The van der Waals surface area contributed by atoms with Crippen LogP contribution in [0.1, 0.15) is 30.0 Å². The Labute approximate surface area is 158 Å². The predicted octanol–water partition coefficient (Wildman–Crippen LogP) is 4.21. The molecule has 0 radical (unpaired) electrons. The van der Waals surface area contributed by atoms with Crippen molar-refractivity contribution in [2.75, 3.05) is 13.7 Å². The Balaban J connectivity index is 2.09. The first-order valence-corrected chi connectivity index (χ1v) is 9.25. The van der Waals surface area contributed by atoms with E-state index in [1.165, 1.54) is 5.56 Å². The van der Waals surface area contributed by atoms with E-state index >= 15 is 0 Å². The van der Waals surface area contributed by atoms with Crippen molar-refractivity contribution in [3.63, 3.8) is 0 Å². The molecule has 2 rings (SSSR count). The Bertz CT molecular complexity index is 669. The molecule has 2 aromatic carbocycles. The number of methoxy groups -OCH3 is 1. The fraction of sp³-hybridized carbons (Fsp3) is 0.400. The largest absolute Gasteiger partial charge is 0.493 e. The van der Waals surface area contributed by atoms with Crippen molar-refractivity contribution in [1.29, 1.82) is 0 Å². The average Bonchev–Trinajstić information content (AvgIpc) is 2.62. The molecule has 0 unspecified atom stereocenters. The molecule has 5 heteroatoms. The number of rotatable bonds is 9. The van der Waals surface area contributed by atoms with E-state index < -0.39 is 0 Å². The normalized spacial score (nSPS) is 12.0. The molecule has 0 saturated heterocycles. The van der Waals surface area contributed by atoms with Crippen LogP contribution >= 0.6 is 15.9 Å². The number of aryl methyl sites for hydroxylation is 1. The molecular formula is C20H26BrNO3. The number of ether oxygens (including phenoxy) is 2. The van der Waals surface area contributed by atoms with Crippen LogP contribution in [0.4, 0.5) is 0 Å². The van der Waals surface area contributed by atoms with Gasteiger partial charge in [-0.15, -0.1) is 0 Å². The maximum absolute atomic E-state index is 9.28. The fourth-order valence-electron chi connectivity index (χ4n) is 2.46. The second-order valence-electron chi connectivity index (χ2n) is 6.05. The smallest absolute Gasteiger partial charge is 0.175 e. The summed E-state index contributed by atoms with van der Waals surface area (Å²) in [5, 5.41) is 12.6. The van der Waals surface area contributed by atoms with E-state index in [-0.39, 0.29) is 12.6 Å². The molecule has 136 valence electrons. The Morgan fingerprint density at radius 1 is 1.16 bits per heavy atom. The summed E-state index contributed by atoms with van der Waals surface area (Å²) in [7, 11) is 1.64. The lowest BCUT2D eigenvalue weighted by Crippen LogP contribution is -2.31. The molecule has 2 N–H and O–H groups in total.